The van der Waals surface area contributed by atoms with Crippen molar-refractivity contribution >= 4 is 34.0 Å². The van der Waals surface area contributed by atoms with Crippen LogP contribution in [0.3, 0.4) is 0 Å². The summed E-state index contributed by atoms with van der Waals surface area (Å²) in [5.74, 6) is 3.56. The van der Waals surface area contributed by atoms with Crippen molar-refractivity contribution in [3.63, 3.8) is 0 Å². The topological polar surface area (TPSA) is 88.6 Å². The van der Waals surface area contributed by atoms with Gasteiger partial charge >= 0.3 is 0 Å². The Morgan fingerprint density at radius 2 is 2.14 bits per heavy atom. The van der Waals surface area contributed by atoms with Crippen molar-refractivity contribution in [2.75, 3.05) is 44.5 Å². The number of carbonyl (C=O) groups excluding carboxylic acids is 1. The second-order valence-corrected chi connectivity index (χ2v) is 8.70. The number of rotatable bonds is 8. The zero-order valence-corrected chi connectivity index (χ0v) is 20.2. The summed E-state index contributed by atoms with van der Waals surface area (Å²) in [6.45, 7) is 3.80. The highest BCUT2D eigenvalue weighted by atomic mass is 16.5. The highest BCUT2D eigenvalue weighted by Crippen LogP contribution is 2.35. The van der Waals surface area contributed by atoms with Gasteiger partial charge in [-0.15, -0.1) is 6.42 Å². The average Bonchev–Trinajstić information content (AvgIpc) is 3.32. The summed E-state index contributed by atoms with van der Waals surface area (Å²) in [5, 5.41) is 7.03. The summed E-state index contributed by atoms with van der Waals surface area (Å²) in [6, 6.07) is 9.47. The normalized spacial score (nSPS) is 15.5. The van der Waals surface area contributed by atoms with Crippen LogP contribution >= 0.6 is 0 Å². The number of nitrogens with one attached hydrogen (secondary N) is 2. The molecule has 1 saturated heterocycles. The third-order valence-corrected chi connectivity index (χ3v) is 5.42. The van der Waals surface area contributed by atoms with E-state index in [-0.39, 0.29) is 12.0 Å². The van der Waals surface area contributed by atoms with Crippen LogP contribution in [0.25, 0.3) is 10.9 Å². The largest absolute Gasteiger partial charge is 0.486 e. The van der Waals surface area contributed by atoms with Crippen molar-refractivity contribution in [1.29, 1.82) is 0 Å². The minimum Gasteiger partial charge on any atom is -0.486 e. The molecule has 0 saturated carbocycles. The second-order valence-electron chi connectivity index (χ2n) is 8.70. The molecular weight excluding hydrogens is 442 g/mol. The number of ether oxygens (including phenoxy) is 2. The summed E-state index contributed by atoms with van der Waals surface area (Å²) in [7, 11) is 3.88. The van der Waals surface area contributed by atoms with Crippen molar-refractivity contribution in [2.24, 2.45) is 0 Å². The number of nitrogens with zero attached hydrogens (tertiary/aromatic N) is 3. The number of terminal acetylenes is 1. The van der Waals surface area contributed by atoms with Crippen molar-refractivity contribution < 1.29 is 14.3 Å². The smallest absolute Gasteiger partial charge is 0.248 e. The van der Waals surface area contributed by atoms with Crippen LogP contribution in [0, 0.1) is 19.3 Å². The number of benzene rings is 2. The number of fused-ring (bicyclic) bond motifs is 1. The fourth-order valence-corrected chi connectivity index (χ4v) is 3.78. The monoisotopic (exact) mass is 471 g/mol. The maximum atomic E-state index is 12.6. The lowest BCUT2D eigenvalue weighted by molar-refractivity contribution is -0.111. The van der Waals surface area contributed by atoms with Gasteiger partial charge in [0.1, 0.15) is 24.0 Å². The number of likely N-dealkylation sites (N-methyl/N-ethyl adjacent to an activating group) is 1. The molecule has 1 fully saturated rings. The van der Waals surface area contributed by atoms with Gasteiger partial charge in [-0.3, -0.25) is 4.79 Å². The van der Waals surface area contributed by atoms with Crippen LogP contribution in [-0.2, 0) is 9.53 Å². The minimum absolute atomic E-state index is 0.0821. The highest BCUT2D eigenvalue weighted by Gasteiger charge is 2.20. The molecule has 1 aliphatic rings. The summed E-state index contributed by atoms with van der Waals surface area (Å²) < 4.78 is 11.6. The van der Waals surface area contributed by atoms with Crippen molar-refractivity contribution in [1.82, 2.24) is 14.9 Å². The van der Waals surface area contributed by atoms with E-state index in [2.05, 4.69) is 26.5 Å². The first kappa shape index (κ1) is 24.2. The van der Waals surface area contributed by atoms with Gasteiger partial charge in [0.15, 0.2) is 0 Å². The molecular formula is C27H29N5O3. The van der Waals surface area contributed by atoms with Gasteiger partial charge in [-0.05, 0) is 50.8 Å². The van der Waals surface area contributed by atoms with E-state index in [1.54, 1.807) is 6.08 Å². The Morgan fingerprint density at radius 1 is 1.29 bits per heavy atom. The molecule has 0 radical (unpaired) electrons. The zero-order valence-electron chi connectivity index (χ0n) is 20.2. The lowest BCUT2D eigenvalue weighted by Gasteiger charge is -2.18. The molecule has 1 atom stereocenters. The van der Waals surface area contributed by atoms with Crippen LogP contribution in [0.15, 0.2) is 48.8 Å². The zero-order chi connectivity index (χ0) is 24.8. The van der Waals surface area contributed by atoms with Crippen LogP contribution in [-0.4, -0.2) is 60.7 Å². The Balaban J connectivity index is 1.70. The Bertz CT molecular complexity index is 1290. The molecule has 2 heterocycles. The van der Waals surface area contributed by atoms with Crippen molar-refractivity contribution in [2.45, 2.75) is 19.4 Å². The molecule has 0 bridgehead atoms. The number of hydrogen-bond donors (Lipinski definition) is 2. The second kappa shape index (κ2) is 11.0. The molecule has 1 aromatic heterocycles. The van der Waals surface area contributed by atoms with Gasteiger partial charge in [0.25, 0.3) is 0 Å². The SMILES string of the molecule is C#Cc1cc(C)cc(Nc2ncnc3cc(O[C@H]4CCOC4)c(NC(=O)/C=C/CN(C)C)cc23)c1. The van der Waals surface area contributed by atoms with Gasteiger partial charge in [-0.1, -0.05) is 12.0 Å². The van der Waals surface area contributed by atoms with Crippen LogP contribution in [0.2, 0.25) is 0 Å². The van der Waals surface area contributed by atoms with E-state index in [0.717, 1.165) is 28.6 Å². The highest BCUT2D eigenvalue weighted by molar-refractivity contribution is 6.03. The third kappa shape index (κ3) is 6.35. The summed E-state index contributed by atoms with van der Waals surface area (Å²) in [5.41, 5.74) is 3.85. The van der Waals surface area contributed by atoms with Crippen LogP contribution in [0.5, 0.6) is 5.75 Å². The molecule has 8 heteroatoms. The number of aromatic nitrogens is 2. The Hall–Kier alpha value is -3.93. The fraction of sp³-hybridized carbons (Fsp3) is 0.296. The molecule has 180 valence electrons. The molecule has 0 unspecified atom stereocenters. The molecule has 0 aliphatic carbocycles. The number of carbonyl (C=O) groups is 1. The van der Waals surface area contributed by atoms with Crippen LogP contribution in [0.4, 0.5) is 17.2 Å². The molecule has 35 heavy (non-hydrogen) atoms. The Kier molecular flexibility index (Phi) is 7.60. The molecule has 2 N–H and O–H groups in total. The first-order chi connectivity index (χ1) is 16.9. The predicted molar refractivity (Wildman–Crippen MR) is 138 cm³/mol. The van der Waals surface area contributed by atoms with E-state index >= 15 is 0 Å². The lowest BCUT2D eigenvalue weighted by Crippen LogP contribution is -2.18. The maximum Gasteiger partial charge on any atom is 0.248 e. The number of anilines is 3. The number of amides is 1. The van der Waals surface area contributed by atoms with Gasteiger partial charge in [0.05, 0.1) is 24.4 Å². The van der Waals surface area contributed by atoms with Gasteiger partial charge in [0.2, 0.25) is 5.91 Å². The quantitative estimate of drug-likeness (QED) is 0.381. The molecule has 2 aromatic carbocycles. The van der Waals surface area contributed by atoms with Gasteiger partial charge in [0, 0.05) is 41.7 Å². The maximum absolute atomic E-state index is 12.6. The average molecular weight is 472 g/mol. The summed E-state index contributed by atoms with van der Waals surface area (Å²) >= 11 is 0. The molecule has 0 spiro atoms. The van der Waals surface area contributed by atoms with Crippen LogP contribution < -0.4 is 15.4 Å². The molecule has 1 amide bonds. The minimum atomic E-state index is -0.248. The van der Waals surface area contributed by atoms with E-state index in [4.69, 9.17) is 15.9 Å². The summed E-state index contributed by atoms with van der Waals surface area (Å²) in [6.07, 6.45) is 11.1. The Labute approximate surface area is 205 Å². The van der Waals surface area contributed by atoms with Crippen molar-refractivity contribution in [3.05, 3.63) is 59.9 Å². The standard InChI is InChI=1S/C27H29N5O3/c1-5-19-11-18(2)12-20(13-19)30-27-22-14-24(31-26(33)7-6-9-32(3)4)25(15-23(22)28-17-29-27)35-21-8-10-34-16-21/h1,6-7,11-15,17,21H,8-10,16H2,2-4H3,(H,31,33)(H,28,29,30)/b7-6+/t21-/m0/s1. The summed E-state index contributed by atoms with van der Waals surface area (Å²) in [4.78, 5) is 23.5. The lowest BCUT2D eigenvalue weighted by atomic mass is 10.1. The van der Waals surface area contributed by atoms with Gasteiger partial charge in [-0.2, -0.15) is 0 Å². The Morgan fingerprint density at radius 3 is 2.89 bits per heavy atom. The van der Waals surface area contributed by atoms with Gasteiger partial charge in [-0.25, -0.2) is 9.97 Å². The predicted octanol–water partition coefficient (Wildman–Crippen LogP) is 3.89. The van der Waals surface area contributed by atoms with E-state index < -0.39 is 0 Å². The van der Waals surface area contributed by atoms with E-state index in [1.807, 2.05) is 56.3 Å². The van der Waals surface area contributed by atoms with Crippen molar-refractivity contribution in [3.8, 4) is 18.1 Å². The van der Waals surface area contributed by atoms with E-state index in [9.17, 15) is 4.79 Å². The number of hydrogen-bond acceptors (Lipinski definition) is 7. The van der Waals surface area contributed by atoms with Crippen LogP contribution in [0.1, 0.15) is 17.5 Å². The number of aryl methyl sites for hydroxylation is 1. The molecule has 4 rings (SSSR count). The van der Waals surface area contributed by atoms with Gasteiger partial charge < -0.3 is 25.0 Å². The first-order valence-corrected chi connectivity index (χ1v) is 11.4. The molecule has 1 aliphatic heterocycles. The molecule has 3 aromatic rings. The van der Waals surface area contributed by atoms with E-state index in [0.29, 0.717) is 42.5 Å². The van der Waals surface area contributed by atoms with E-state index in [1.165, 1.54) is 12.4 Å². The third-order valence-electron chi connectivity index (χ3n) is 5.42. The molecule has 8 nitrogen and oxygen atoms in total. The fourth-order valence-electron chi connectivity index (χ4n) is 3.78. The first-order valence-electron chi connectivity index (χ1n) is 11.4.